The Morgan fingerprint density at radius 2 is 2.32 bits per heavy atom. The van der Waals surface area contributed by atoms with Crippen LogP contribution in [-0.2, 0) is 9.92 Å². The fourth-order valence-electron chi connectivity index (χ4n) is 1.72. The molecule has 0 aliphatic heterocycles. The van der Waals surface area contributed by atoms with Crippen LogP contribution in [0.1, 0.15) is 5.69 Å². The maximum atomic E-state index is 13.3. The topological polar surface area (TPSA) is 151 Å². The van der Waals surface area contributed by atoms with Gasteiger partial charge in [-0.3, -0.25) is 10.6 Å². The number of hydrogen-bond donors (Lipinski definition) is 5. The molecule has 13 heteroatoms. The van der Waals surface area contributed by atoms with Crippen molar-refractivity contribution in [3.63, 3.8) is 0 Å². The first kappa shape index (κ1) is 17.5. The van der Waals surface area contributed by atoms with Crippen molar-refractivity contribution in [1.29, 1.82) is 10.2 Å². The van der Waals surface area contributed by atoms with Crippen molar-refractivity contribution in [3.8, 4) is 0 Å². The summed E-state index contributed by atoms with van der Waals surface area (Å²) in [6.07, 6.45) is 1.23. The van der Waals surface area contributed by atoms with Gasteiger partial charge in [0.2, 0.25) is 5.82 Å². The van der Waals surface area contributed by atoms with E-state index in [1.807, 2.05) is 0 Å². The van der Waals surface area contributed by atoms with Crippen LogP contribution in [0.25, 0.3) is 0 Å². The monoisotopic (exact) mass is 391 g/mol. The van der Waals surface area contributed by atoms with E-state index < -0.39 is 15.7 Å². The van der Waals surface area contributed by atoms with E-state index in [0.29, 0.717) is 5.06 Å². The molecule has 0 bridgehead atoms. The average Bonchev–Trinajstić information content (AvgIpc) is 3.02. The lowest BCUT2D eigenvalue weighted by atomic mass is 10.3. The highest BCUT2D eigenvalue weighted by atomic mass is 35.5. The van der Waals surface area contributed by atoms with E-state index in [0.717, 1.165) is 12.1 Å². The van der Waals surface area contributed by atoms with Gasteiger partial charge in [0.25, 0.3) is 0 Å². The van der Waals surface area contributed by atoms with Crippen molar-refractivity contribution in [2.24, 2.45) is 0 Å². The third-order valence-electron chi connectivity index (χ3n) is 2.84. The zero-order valence-electron chi connectivity index (χ0n) is 13.9. The first-order chi connectivity index (χ1) is 12.2. The van der Waals surface area contributed by atoms with Crippen LogP contribution in [0.5, 0.6) is 0 Å². The predicted molar refractivity (Wildman–Crippen MR) is 90.1 cm³/mol. The normalized spacial score (nSPS) is 14.7. The van der Waals surface area contributed by atoms with Crippen molar-refractivity contribution in [3.05, 3.63) is 34.7 Å². The molecule has 0 aliphatic rings. The minimum Gasteiger partial charge on any atom is -0.364 e. The van der Waals surface area contributed by atoms with Gasteiger partial charge < -0.3 is 5.32 Å². The first-order valence-corrected chi connectivity index (χ1v) is 9.08. The van der Waals surface area contributed by atoms with Crippen LogP contribution >= 0.6 is 11.6 Å². The molecule has 136 valence electrons. The van der Waals surface area contributed by atoms with E-state index in [2.05, 4.69) is 30.4 Å². The van der Waals surface area contributed by atoms with Crippen LogP contribution in [-0.4, -0.2) is 44.9 Å². The van der Waals surface area contributed by atoms with Crippen LogP contribution in [0.2, 0.25) is 6.43 Å². The zero-order valence-corrected chi connectivity index (χ0v) is 14.4. The van der Waals surface area contributed by atoms with Crippen LogP contribution in [0.4, 0.5) is 15.9 Å². The standard InChI is InChI=1S/C12H15ClFN7O3S/c1-25(16,23)18-5-4-17-12-10(19-24-20-12)11(15)21(22)7-2-3-9(14)8(13)6-7/h2-3,6,15,22H,4-5H2,1H3,(H,17,20)(H2,16,18,23)/b15-11-. The highest BCUT2D eigenvalue weighted by Crippen LogP contribution is 2.23. The highest BCUT2D eigenvalue weighted by Gasteiger charge is 2.21. The summed E-state index contributed by atoms with van der Waals surface area (Å²) >= 11 is 5.68. The number of nitrogens with zero attached hydrogens (tertiary/aromatic N) is 3. The molecular weight excluding hydrogens is 377 g/mol. The number of benzene rings is 1. The third-order valence-corrected chi connectivity index (χ3v) is 3.89. The molecular formula is C12H15ClFN7O3S. The summed E-state index contributed by atoms with van der Waals surface area (Å²) < 4.78 is 46.1. The molecule has 1 aromatic carbocycles. The molecule has 0 spiro atoms. The molecule has 2 rings (SSSR count). The Labute approximate surface area is 149 Å². The quantitative estimate of drug-likeness (QED) is 0.208. The maximum absolute atomic E-state index is 13.3. The van der Waals surface area contributed by atoms with Crippen molar-refractivity contribution in [1.82, 2.24) is 15.0 Å². The highest BCUT2D eigenvalue weighted by molar-refractivity contribution is 7.89. The SMILES string of the molecule is [H]/N=C(/c1nonc1NCCNS(C)(=N)=O)N(O)c1ccc(F)c(Cl)c1. The molecule has 1 aromatic heterocycles. The first-order valence-electron chi connectivity index (χ1n) is 7.19. The second kappa shape index (κ2) is 7.74. The molecule has 2 aromatic rings. The summed E-state index contributed by atoms with van der Waals surface area (Å²) in [5, 5.41) is 23.7. The molecule has 0 amide bonds. The Balaban J connectivity index is 2.15. The van der Waals surface area contributed by atoms with E-state index in [4.69, 9.17) is 17.8 Å². The predicted octanol–water partition coefficient (Wildman–Crippen LogP) is 1.68. The fourth-order valence-corrected chi connectivity index (χ4v) is 2.38. The Morgan fingerprint density at radius 1 is 1.56 bits per heavy atom. The second-order valence-electron chi connectivity index (χ2n) is 4.86. The van der Waals surface area contributed by atoms with Gasteiger partial charge in [0, 0.05) is 19.3 Å². The van der Waals surface area contributed by atoms with Crippen LogP contribution < -0.4 is 15.1 Å². The van der Waals surface area contributed by atoms with Gasteiger partial charge in [-0.2, -0.15) is 0 Å². The number of rotatable bonds is 7. The number of nitrogens with one attached hydrogen (secondary N) is 4. The van der Waals surface area contributed by atoms with Gasteiger partial charge in [-0.05, 0) is 28.5 Å². The van der Waals surface area contributed by atoms with E-state index >= 15 is 0 Å². The minimum absolute atomic E-state index is 0.0398. The number of hydroxylamine groups is 1. The number of amidine groups is 1. The van der Waals surface area contributed by atoms with Gasteiger partial charge in [-0.1, -0.05) is 11.6 Å². The molecule has 1 unspecified atom stereocenters. The number of hydrogen-bond acceptors (Lipinski definition) is 8. The van der Waals surface area contributed by atoms with Gasteiger partial charge in [-0.25, -0.2) is 27.8 Å². The van der Waals surface area contributed by atoms with Gasteiger partial charge in [0.05, 0.1) is 10.7 Å². The lowest BCUT2D eigenvalue weighted by Crippen LogP contribution is -2.30. The summed E-state index contributed by atoms with van der Waals surface area (Å²) in [5.74, 6) is -0.977. The van der Waals surface area contributed by atoms with Crippen LogP contribution in [0.15, 0.2) is 22.8 Å². The summed E-state index contributed by atoms with van der Waals surface area (Å²) in [7, 11) is -2.85. The van der Waals surface area contributed by atoms with E-state index in [1.54, 1.807) is 0 Å². The molecule has 0 aliphatic carbocycles. The molecule has 25 heavy (non-hydrogen) atoms. The molecule has 0 fully saturated rings. The Kier molecular flexibility index (Phi) is 5.43. The second-order valence-corrected chi connectivity index (χ2v) is 7.24. The van der Waals surface area contributed by atoms with Crippen LogP contribution in [0.3, 0.4) is 0 Å². The molecule has 1 heterocycles. The molecule has 1 atom stereocenters. The van der Waals surface area contributed by atoms with Crippen LogP contribution in [0, 0.1) is 16.0 Å². The van der Waals surface area contributed by atoms with E-state index in [1.165, 1.54) is 12.3 Å². The Morgan fingerprint density at radius 3 is 2.96 bits per heavy atom. The largest absolute Gasteiger partial charge is 0.364 e. The Hall–Kier alpha value is -2.28. The van der Waals surface area contributed by atoms with Gasteiger partial charge in [0.1, 0.15) is 15.7 Å². The zero-order chi connectivity index (χ0) is 19.3. The summed E-state index contributed by atoms with van der Waals surface area (Å²) in [6, 6.07) is 3.40. The fraction of sp³-hybridized carbons (Fsp3) is 0.250. The minimum atomic E-state index is -2.85. The van der Waals surface area contributed by atoms with Gasteiger partial charge in [0.15, 0.2) is 12.9 Å². The number of halogens is 2. The Bertz CT molecular complexity index is 908. The lowest BCUT2D eigenvalue weighted by Gasteiger charge is -2.16. The van der Waals surface area contributed by atoms with E-state index in [9.17, 15) is 13.8 Å². The molecule has 10 nitrogen and oxygen atoms in total. The smallest absolute Gasteiger partial charge is 0.202 e. The molecule has 0 saturated carbocycles. The van der Waals surface area contributed by atoms with E-state index in [-0.39, 0.29) is 41.1 Å². The maximum Gasteiger partial charge on any atom is 0.202 e. The third kappa shape index (κ3) is 5.09. The summed E-state index contributed by atoms with van der Waals surface area (Å²) in [4.78, 5) is 0. The van der Waals surface area contributed by atoms with Crippen molar-refractivity contribution < 1.29 is 19.8 Å². The molecule has 0 radical (unpaired) electrons. The lowest BCUT2D eigenvalue weighted by molar-refractivity contribution is 0.300. The van der Waals surface area contributed by atoms with Gasteiger partial charge in [-0.15, -0.1) is 0 Å². The molecule has 0 saturated heterocycles. The average molecular weight is 392 g/mol. The summed E-state index contributed by atoms with van der Waals surface area (Å²) in [5.41, 5.74) is -0.0519. The van der Waals surface area contributed by atoms with Crippen molar-refractivity contribution >= 4 is 38.9 Å². The number of anilines is 2. The number of aromatic nitrogens is 2. The molecule has 5 N–H and O–H groups in total. The van der Waals surface area contributed by atoms with Crippen molar-refractivity contribution in [2.75, 3.05) is 29.7 Å². The van der Waals surface area contributed by atoms with Crippen molar-refractivity contribution in [2.45, 2.75) is 0 Å². The van der Waals surface area contributed by atoms with Gasteiger partial charge >= 0.3 is 0 Å². The summed E-state index contributed by atoms with van der Waals surface area (Å²) in [6.45, 7) is 0.374.